The first-order chi connectivity index (χ1) is 20.0. The molecular formula is C30H40FN5O6. The largest absolute Gasteiger partial charge is 0.450 e. The maximum atomic E-state index is 13.3. The van der Waals surface area contributed by atoms with E-state index in [0.29, 0.717) is 31.6 Å². The Kier molecular flexibility index (Phi) is 14.2. The Morgan fingerprint density at radius 1 is 1.19 bits per heavy atom. The molecule has 11 nitrogen and oxygen atoms in total. The lowest BCUT2D eigenvalue weighted by Crippen LogP contribution is -2.49. The molecule has 0 radical (unpaired) electrons. The van der Waals surface area contributed by atoms with Gasteiger partial charge in [0.25, 0.3) is 5.91 Å². The average molecular weight is 586 g/mol. The van der Waals surface area contributed by atoms with E-state index in [4.69, 9.17) is 9.47 Å². The smallest absolute Gasteiger partial charge is 0.303 e. The molecule has 0 spiro atoms. The summed E-state index contributed by atoms with van der Waals surface area (Å²) in [5.74, 6) is -2.68. The third-order valence-corrected chi connectivity index (χ3v) is 6.73. The highest BCUT2D eigenvalue weighted by Gasteiger charge is 2.34. The first kappa shape index (κ1) is 34.0. The average Bonchev–Trinajstić information content (AvgIpc) is 3.05. The van der Waals surface area contributed by atoms with Crippen LogP contribution in [0.2, 0.25) is 0 Å². The zero-order valence-corrected chi connectivity index (χ0v) is 24.6. The monoisotopic (exact) mass is 585 g/mol. The zero-order chi connectivity index (χ0) is 31.1. The van der Waals surface area contributed by atoms with E-state index in [2.05, 4.69) is 41.7 Å². The van der Waals surface area contributed by atoms with Crippen LogP contribution in [0.5, 0.6) is 0 Å². The molecule has 2 N–H and O–H groups in total. The number of carbonyl (C=O) groups excluding carboxylic acids is 4. The van der Waals surface area contributed by atoms with Crippen LogP contribution < -0.4 is 15.5 Å². The third-order valence-electron chi connectivity index (χ3n) is 6.73. The second kappa shape index (κ2) is 17.5. The molecule has 2 aliphatic heterocycles. The number of amides is 1. The second-order valence-electron chi connectivity index (χ2n) is 10.3. The fourth-order valence-electron chi connectivity index (χ4n) is 4.42. The van der Waals surface area contributed by atoms with Gasteiger partial charge in [0.05, 0.1) is 17.9 Å². The molecule has 2 heterocycles. The normalized spacial score (nSPS) is 19.2. The number of benzene rings is 1. The molecule has 2 aliphatic rings. The van der Waals surface area contributed by atoms with Crippen molar-refractivity contribution in [3.8, 4) is 6.07 Å². The molecule has 1 aromatic carbocycles. The Morgan fingerprint density at radius 3 is 2.50 bits per heavy atom. The summed E-state index contributed by atoms with van der Waals surface area (Å²) in [6.07, 6.45) is 5.91. The number of halogens is 1. The highest BCUT2D eigenvalue weighted by molar-refractivity contribution is 5.88. The van der Waals surface area contributed by atoms with E-state index in [-0.39, 0.29) is 24.3 Å². The number of piperidine rings is 1. The van der Waals surface area contributed by atoms with Crippen molar-refractivity contribution < 1.29 is 33.0 Å². The molecular weight excluding hydrogens is 545 g/mol. The van der Waals surface area contributed by atoms with Crippen molar-refractivity contribution in [3.63, 3.8) is 0 Å². The number of nitriles is 1. The van der Waals surface area contributed by atoms with Gasteiger partial charge in [0, 0.05) is 40.0 Å². The number of anilines is 1. The fraction of sp³-hybridized carbons (Fsp3) is 0.500. The molecule has 0 aliphatic carbocycles. The van der Waals surface area contributed by atoms with Gasteiger partial charge in [0.15, 0.2) is 6.29 Å². The summed E-state index contributed by atoms with van der Waals surface area (Å²) in [6.45, 7) is 7.89. The summed E-state index contributed by atoms with van der Waals surface area (Å²) in [5, 5.41) is 15.1. The summed E-state index contributed by atoms with van der Waals surface area (Å²) in [5.41, 5.74) is 2.37. The molecule has 0 aromatic heterocycles. The van der Waals surface area contributed by atoms with Crippen molar-refractivity contribution in [2.24, 2.45) is 5.92 Å². The van der Waals surface area contributed by atoms with E-state index in [1.165, 1.54) is 24.1 Å². The van der Waals surface area contributed by atoms with Crippen molar-refractivity contribution in [3.05, 3.63) is 53.5 Å². The lowest BCUT2D eigenvalue weighted by atomic mass is 9.95. The number of hydrogen-bond acceptors (Lipinski definition) is 10. The molecule has 0 unspecified atom stereocenters. The van der Waals surface area contributed by atoms with E-state index < -0.39 is 35.9 Å². The number of carbonyl (C=O) groups is 4. The van der Waals surface area contributed by atoms with E-state index in [1.54, 1.807) is 6.07 Å². The topological polar surface area (TPSA) is 141 Å². The van der Waals surface area contributed by atoms with Crippen LogP contribution in [0.15, 0.2) is 42.1 Å². The number of esters is 2. The maximum absolute atomic E-state index is 13.3. The van der Waals surface area contributed by atoms with Crippen molar-refractivity contribution in [2.75, 3.05) is 44.8 Å². The molecule has 42 heavy (non-hydrogen) atoms. The highest BCUT2D eigenvalue weighted by Crippen LogP contribution is 2.26. The van der Waals surface area contributed by atoms with E-state index in [9.17, 15) is 28.8 Å². The first-order valence-electron chi connectivity index (χ1n) is 13.8. The van der Waals surface area contributed by atoms with Crippen molar-refractivity contribution in [1.29, 1.82) is 5.26 Å². The number of ether oxygens (including phenoxy) is 2. The van der Waals surface area contributed by atoms with Crippen molar-refractivity contribution >= 4 is 29.8 Å². The van der Waals surface area contributed by atoms with Gasteiger partial charge in [-0.15, -0.1) is 0 Å². The predicted molar refractivity (Wildman–Crippen MR) is 154 cm³/mol. The number of nitrogens with zero attached hydrogens (tertiary/aromatic N) is 3. The van der Waals surface area contributed by atoms with Gasteiger partial charge in [-0.1, -0.05) is 11.6 Å². The van der Waals surface area contributed by atoms with Gasteiger partial charge in [0.2, 0.25) is 12.2 Å². The minimum atomic E-state index is -1.57. The first-order valence-corrected chi connectivity index (χ1v) is 13.8. The SMILES string of the molecule is C/C1=C/C=C\NCN(C)CC1.CC(=O)O[C@@H](C=O)[C@@H](OC(C)=O)C(=O)NCC1CCN(c2ccc(F)cc2C#N)CC1. The van der Waals surface area contributed by atoms with Gasteiger partial charge in [0.1, 0.15) is 11.9 Å². The molecule has 2 atom stereocenters. The Hall–Kier alpha value is -4.24. The molecule has 1 saturated heterocycles. The predicted octanol–water partition coefficient (Wildman–Crippen LogP) is 2.42. The molecule has 12 heteroatoms. The van der Waals surface area contributed by atoms with E-state index in [0.717, 1.165) is 27.1 Å². The van der Waals surface area contributed by atoms with Crippen LogP contribution in [-0.4, -0.2) is 81.1 Å². The number of hydrogen-bond donors (Lipinski definition) is 2. The van der Waals surface area contributed by atoms with Crippen LogP contribution in [0.25, 0.3) is 0 Å². The van der Waals surface area contributed by atoms with Gasteiger partial charge in [-0.2, -0.15) is 5.26 Å². The number of nitrogens with one attached hydrogen (secondary N) is 2. The molecule has 1 fully saturated rings. The standard InChI is InChI=1S/C21H24FN3O6.C9H16N2/c1-13(27)30-19(12-26)20(31-14(2)28)21(29)24-11-15-5-7-25(8-6-15)18-4-3-17(22)9-16(18)10-23;1-9-4-3-6-10-8-11(2)7-5-9/h3-4,9,12,15,19-20H,5-8,11H2,1-2H3,(H,24,29);3-4,6,10H,5,7-8H2,1-2H3/b;6-3-,9-4-/t19-,20+;/m0./s1. The fourth-order valence-corrected chi connectivity index (χ4v) is 4.42. The van der Waals surface area contributed by atoms with Crippen LogP contribution >= 0.6 is 0 Å². The molecule has 0 bridgehead atoms. The summed E-state index contributed by atoms with van der Waals surface area (Å²) in [7, 11) is 2.12. The minimum Gasteiger partial charge on any atom is -0.450 e. The Bertz CT molecular complexity index is 1190. The summed E-state index contributed by atoms with van der Waals surface area (Å²) in [6, 6.07) is 6.08. The Balaban J connectivity index is 0.000000468. The molecule has 1 aromatic rings. The quantitative estimate of drug-likeness (QED) is 0.345. The van der Waals surface area contributed by atoms with Gasteiger partial charge < -0.3 is 25.0 Å². The van der Waals surface area contributed by atoms with Crippen molar-refractivity contribution in [2.45, 2.75) is 52.2 Å². The number of allylic oxidation sites excluding steroid dienone is 2. The molecule has 1 amide bonds. The summed E-state index contributed by atoms with van der Waals surface area (Å²) < 4.78 is 23.0. The molecule has 3 rings (SSSR count). The lowest BCUT2D eigenvalue weighted by molar-refractivity contribution is -0.171. The summed E-state index contributed by atoms with van der Waals surface area (Å²) >= 11 is 0. The third kappa shape index (κ3) is 11.7. The molecule has 228 valence electrons. The second-order valence-corrected chi connectivity index (χ2v) is 10.3. The van der Waals surface area contributed by atoms with Crippen molar-refractivity contribution in [1.82, 2.24) is 15.5 Å². The number of rotatable bonds is 8. The van der Waals surface area contributed by atoms with E-state index in [1.807, 2.05) is 17.2 Å². The molecule has 0 saturated carbocycles. The maximum Gasteiger partial charge on any atom is 0.303 e. The number of aldehydes is 1. The van der Waals surface area contributed by atoms with Gasteiger partial charge in [-0.25, -0.2) is 4.39 Å². The van der Waals surface area contributed by atoms with Crippen LogP contribution in [-0.2, 0) is 28.7 Å². The Morgan fingerprint density at radius 2 is 1.88 bits per heavy atom. The van der Waals surface area contributed by atoms with Crippen LogP contribution in [0.1, 0.15) is 45.6 Å². The van der Waals surface area contributed by atoms with Gasteiger partial charge in [-0.05, 0) is 69.6 Å². The van der Waals surface area contributed by atoms with Crippen LogP contribution in [0.3, 0.4) is 0 Å². The highest BCUT2D eigenvalue weighted by atomic mass is 19.1. The van der Waals surface area contributed by atoms with Gasteiger partial charge in [-0.3, -0.25) is 24.1 Å². The van der Waals surface area contributed by atoms with Gasteiger partial charge >= 0.3 is 11.9 Å². The van der Waals surface area contributed by atoms with Crippen LogP contribution in [0.4, 0.5) is 10.1 Å². The summed E-state index contributed by atoms with van der Waals surface area (Å²) in [4.78, 5) is 50.4. The minimum absolute atomic E-state index is 0.104. The van der Waals surface area contributed by atoms with E-state index >= 15 is 0 Å². The Labute approximate surface area is 246 Å². The van der Waals surface area contributed by atoms with Crippen LogP contribution in [0, 0.1) is 23.1 Å². The zero-order valence-electron chi connectivity index (χ0n) is 24.6. The lowest BCUT2D eigenvalue weighted by Gasteiger charge is -2.34.